The highest BCUT2D eigenvalue weighted by atomic mass is 32.1. The van der Waals surface area contributed by atoms with Gasteiger partial charge in [0.1, 0.15) is 10.6 Å². The highest BCUT2D eigenvalue weighted by Gasteiger charge is 2.09. The number of hydrogen-bond acceptors (Lipinski definition) is 4. The summed E-state index contributed by atoms with van der Waals surface area (Å²) in [6.45, 7) is 2.04. The SMILES string of the molecule is Cc1cc2c(N)nc(-c3ccc[nH]3)nc2s1. The van der Waals surface area contributed by atoms with Crippen molar-refractivity contribution >= 4 is 27.4 Å². The van der Waals surface area contributed by atoms with Crippen molar-refractivity contribution in [2.75, 3.05) is 5.73 Å². The molecule has 0 aliphatic heterocycles. The third-order valence-electron chi connectivity index (χ3n) is 2.38. The lowest BCUT2D eigenvalue weighted by atomic mass is 10.3. The van der Waals surface area contributed by atoms with Crippen LogP contribution in [0.4, 0.5) is 5.82 Å². The minimum absolute atomic E-state index is 0.541. The topological polar surface area (TPSA) is 67.6 Å². The lowest BCUT2D eigenvalue weighted by Gasteiger charge is -1.99. The standard InChI is InChI=1S/C11H10N4S/c1-6-5-7-9(12)14-10(15-11(7)16-6)8-3-2-4-13-8/h2-5,13H,1H3,(H2,12,14,15). The van der Waals surface area contributed by atoms with E-state index in [0.717, 1.165) is 15.9 Å². The molecule has 3 aromatic heterocycles. The van der Waals surface area contributed by atoms with Crippen molar-refractivity contribution < 1.29 is 0 Å². The number of rotatable bonds is 1. The summed E-state index contributed by atoms with van der Waals surface area (Å²) in [4.78, 5) is 14.0. The minimum atomic E-state index is 0.541. The Morgan fingerprint density at radius 2 is 2.25 bits per heavy atom. The van der Waals surface area contributed by atoms with Crippen LogP contribution >= 0.6 is 11.3 Å². The van der Waals surface area contributed by atoms with Gasteiger partial charge in [-0.2, -0.15) is 0 Å². The highest BCUT2D eigenvalue weighted by Crippen LogP contribution is 2.28. The first-order chi connectivity index (χ1) is 7.74. The van der Waals surface area contributed by atoms with Gasteiger partial charge in [-0.3, -0.25) is 0 Å². The highest BCUT2D eigenvalue weighted by molar-refractivity contribution is 7.18. The van der Waals surface area contributed by atoms with Crippen molar-refractivity contribution in [3.05, 3.63) is 29.3 Å². The fraction of sp³-hybridized carbons (Fsp3) is 0.0909. The number of aromatic nitrogens is 3. The first-order valence-electron chi connectivity index (χ1n) is 4.91. The largest absolute Gasteiger partial charge is 0.383 e. The molecule has 3 heterocycles. The Balaban J connectivity index is 2.28. The number of H-pyrrole nitrogens is 1. The molecule has 3 rings (SSSR count). The summed E-state index contributed by atoms with van der Waals surface area (Å²) in [5.41, 5.74) is 6.81. The number of nitrogens with one attached hydrogen (secondary N) is 1. The summed E-state index contributed by atoms with van der Waals surface area (Å²) < 4.78 is 0. The molecular weight excluding hydrogens is 220 g/mol. The average molecular weight is 230 g/mol. The van der Waals surface area contributed by atoms with Gasteiger partial charge in [0.2, 0.25) is 0 Å². The third-order valence-corrected chi connectivity index (χ3v) is 3.33. The summed E-state index contributed by atoms with van der Waals surface area (Å²) in [5, 5.41) is 0.942. The van der Waals surface area contributed by atoms with Crippen molar-refractivity contribution in [3.63, 3.8) is 0 Å². The molecule has 4 nitrogen and oxygen atoms in total. The number of hydrogen-bond donors (Lipinski definition) is 2. The maximum Gasteiger partial charge on any atom is 0.179 e. The molecule has 3 aromatic rings. The zero-order valence-corrected chi connectivity index (χ0v) is 9.51. The molecule has 3 N–H and O–H groups in total. The Morgan fingerprint density at radius 3 is 3.00 bits per heavy atom. The van der Waals surface area contributed by atoms with Crippen LogP contribution in [0.15, 0.2) is 24.4 Å². The first kappa shape index (κ1) is 9.35. The van der Waals surface area contributed by atoms with Crippen LogP contribution in [0.1, 0.15) is 4.88 Å². The van der Waals surface area contributed by atoms with Crippen molar-refractivity contribution in [3.8, 4) is 11.5 Å². The molecule has 5 heteroatoms. The maximum absolute atomic E-state index is 5.92. The van der Waals surface area contributed by atoms with Gasteiger partial charge in [0.15, 0.2) is 5.82 Å². The molecule has 0 unspecified atom stereocenters. The van der Waals surface area contributed by atoms with Gasteiger partial charge < -0.3 is 10.7 Å². The summed E-state index contributed by atoms with van der Waals surface area (Å²) in [6, 6.07) is 5.87. The molecule has 0 atom stereocenters. The summed E-state index contributed by atoms with van der Waals surface area (Å²) in [7, 11) is 0. The van der Waals surface area contributed by atoms with Crippen LogP contribution in [-0.4, -0.2) is 15.0 Å². The summed E-state index contributed by atoms with van der Waals surface area (Å²) in [5.74, 6) is 1.19. The zero-order valence-electron chi connectivity index (χ0n) is 8.69. The maximum atomic E-state index is 5.92. The molecule has 0 aliphatic rings. The molecule has 0 amide bonds. The number of fused-ring (bicyclic) bond motifs is 1. The fourth-order valence-corrected chi connectivity index (χ4v) is 2.54. The zero-order chi connectivity index (χ0) is 11.1. The molecule has 16 heavy (non-hydrogen) atoms. The van der Waals surface area contributed by atoms with Gasteiger partial charge >= 0.3 is 0 Å². The van der Waals surface area contributed by atoms with Gasteiger partial charge in [0.05, 0.1) is 11.1 Å². The van der Waals surface area contributed by atoms with E-state index in [-0.39, 0.29) is 0 Å². The van der Waals surface area contributed by atoms with Crippen LogP contribution in [0, 0.1) is 6.92 Å². The van der Waals surface area contributed by atoms with E-state index in [4.69, 9.17) is 5.73 Å². The van der Waals surface area contributed by atoms with E-state index in [0.29, 0.717) is 11.6 Å². The van der Waals surface area contributed by atoms with Crippen LogP contribution in [0.5, 0.6) is 0 Å². The van der Waals surface area contributed by atoms with Crippen molar-refractivity contribution in [2.45, 2.75) is 6.92 Å². The summed E-state index contributed by atoms with van der Waals surface area (Å²) in [6.07, 6.45) is 1.85. The molecule has 0 saturated carbocycles. The van der Waals surface area contributed by atoms with E-state index in [2.05, 4.69) is 15.0 Å². The van der Waals surface area contributed by atoms with E-state index in [1.807, 2.05) is 31.3 Å². The second-order valence-electron chi connectivity index (χ2n) is 3.59. The number of nitrogen functional groups attached to an aromatic ring is 1. The van der Waals surface area contributed by atoms with E-state index >= 15 is 0 Å². The Labute approximate surface area is 96.2 Å². The molecule has 0 spiro atoms. The van der Waals surface area contributed by atoms with Crippen LogP contribution < -0.4 is 5.73 Å². The molecule has 0 fully saturated rings. The lowest BCUT2D eigenvalue weighted by molar-refractivity contribution is 1.21. The van der Waals surface area contributed by atoms with E-state index < -0.39 is 0 Å². The predicted molar refractivity (Wildman–Crippen MR) is 66.4 cm³/mol. The van der Waals surface area contributed by atoms with E-state index in [9.17, 15) is 0 Å². The lowest BCUT2D eigenvalue weighted by Crippen LogP contribution is -1.95. The molecule has 0 aliphatic carbocycles. The van der Waals surface area contributed by atoms with E-state index in [1.165, 1.54) is 4.88 Å². The second kappa shape index (κ2) is 3.31. The number of aromatic amines is 1. The Bertz CT molecular complexity index is 639. The van der Waals surface area contributed by atoms with Crippen LogP contribution in [0.25, 0.3) is 21.7 Å². The third kappa shape index (κ3) is 1.37. The van der Waals surface area contributed by atoms with Crippen molar-refractivity contribution in [1.82, 2.24) is 15.0 Å². The Hall–Kier alpha value is -1.88. The Morgan fingerprint density at radius 1 is 1.38 bits per heavy atom. The molecular formula is C11H10N4S. The molecule has 0 radical (unpaired) electrons. The number of thiophene rings is 1. The van der Waals surface area contributed by atoms with Gasteiger partial charge in [0.25, 0.3) is 0 Å². The Kier molecular flexibility index (Phi) is 1.94. The summed E-state index contributed by atoms with van der Waals surface area (Å²) >= 11 is 1.63. The van der Waals surface area contributed by atoms with Crippen LogP contribution in [0.3, 0.4) is 0 Å². The quantitative estimate of drug-likeness (QED) is 0.675. The monoisotopic (exact) mass is 230 g/mol. The molecule has 0 bridgehead atoms. The number of anilines is 1. The van der Waals surface area contributed by atoms with Crippen molar-refractivity contribution in [1.29, 1.82) is 0 Å². The fourth-order valence-electron chi connectivity index (χ4n) is 1.65. The first-order valence-corrected chi connectivity index (χ1v) is 5.73. The van der Waals surface area contributed by atoms with Crippen LogP contribution in [-0.2, 0) is 0 Å². The normalized spacial score (nSPS) is 11.1. The number of nitrogens with zero attached hydrogens (tertiary/aromatic N) is 2. The van der Waals surface area contributed by atoms with Gasteiger partial charge in [-0.25, -0.2) is 9.97 Å². The molecule has 0 aromatic carbocycles. The van der Waals surface area contributed by atoms with Crippen molar-refractivity contribution in [2.24, 2.45) is 0 Å². The number of aryl methyl sites for hydroxylation is 1. The smallest absolute Gasteiger partial charge is 0.179 e. The second-order valence-corrected chi connectivity index (χ2v) is 4.83. The minimum Gasteiger partial charge on any atom is -0.383 e. The molecule has 0 saturated heterocycles. The van der Waals surface area contributed by atoms with Gasteiger partial charge in [-0.1, -0.05) is 0 Å². The van der Waals surface area contributed by atoms with Gasteiger partial charge in [0, 0.05) is 11.1 Å². The van der Waals surface area contributed by atoms with E-state index in [1.54, 1.807) is 11.3 Å². The number of nitrogens with two attached hydrogens (primary N) is 1. The molecule has 80 valence electrons. The average Bonchev–Trinajstić information content (AvgIpc) is 2.84. The predicted octanol–water partition coefficient (Wildman–Crippen LogP) is 2.58. The van der Waals surface area contributed by atoms with Crippen LogP contribution in [0.2, 0.25) is 0 Å². The van der Waals surface area contributed by atoms with Gasteiger partial charge in [-0.05, 0) is 25.1 Å². The van der Waals surface area contributed by atoms with Gasteiger partial charge in [-0.15, -0.1) is 11.3 Å².